The SMILES string of the molecule is O=C(NC(=O)C1CC1)Nc1ccc2c(c1)OCO2. The third-order valence-corrected chi connectivity index (χ3v) is 2.82. The summed E-state index contributed by atoms with van der Waals surface area (Å²) in [5, 5.41) is 4.88. The van der Waals surface area contributed by atoms with Crippen LogP contribution in [0.4, 0.5) is 10.5 Å². The Kier molecular flexibility index (Phi) is 2.55. The van der Waals surface area contributed by atoms with Gasteiger partial charge in [0.1, 0.15) is 0 Å². The number of ether oxygens (including phenoxy) is 2. The molecule has 6 heteroatoms. The Labute approximate surface area is 103 Å². The molecule has 0 radical (unpaired) electrons. The van der Waals surface area contributed by atoms with Crippen LogP contribution in [0.1, 0.15) is 12.8 Å². The minimum atomic E-state index is -0.522. The predicted octanol–water partition coefficient (Wildman–Crippen LogP) is 1.47. The molecule has 6 nitrogen and oxygen atoms in total. The van der Waals surface area contributed by atoms with E-state index in [1.807, 2.05) is 0 Å². The average Bonchev–Trinajstić information content (AvgIpc) is 3.08. The molecule has 1 aromatic carbocycles. The van der Waals surface area contributed by atoms with Crippen molar-refractivity contribution in [2.75, 3.05) is 12.1 Å². The van der Waals surface area contributed by atoms with Crippen LogP contribution in [0, 0.1) is 5.92 Å². The number of hydrogen-bond donors (Lipinski definition) is 2. The highest BCUT2D eigenvalue weighted by molar-refractivity contribution is 6.02. The molecule has 2 N–H and O–H groups in total. The maximum Gasteiger partial charge on any atom is 0.325 e. The fourth-order valence-corrected chi connectivity index (χ4v) is 1.70. The molecule has 1 heterocycles. The van der Waals surface area contributed by atoms with Gasteiger partial charge in [-0.05, 0) is 25.0 Å². The second-order valence-corrected chi connectivity index (χ2v) is 4.29. The van der Waals surface area contributed by atoms with Gasteiger partial charge in [-0.1, -0.05) is 0 Å². The Morgan fingerprint density at radius 2 is 1.94 bits per heavy atom. The Hall–Kier alpha value is -2.24. The highest BCUT2D eigenvalue weighted by Crippen LogP contribution is 2.34. The van der Waals surface area contributed by atoms with E-state index < -0.39 is 6.03 Å². The van der Waals surface area contributed by atoms with E-state index in [0.29, 0.717) is 17.2 Å². The summed E-state index contributed by atoms with van der Waals surface area (Å²) in [7, 11) is 0. The summed E-state index contributed by atoms with van der Waals surface area (Å²) in [6.07, 6.45) is 1.73. The van der Waals surface area contributed by atoms with Crippen LogP contribution in [0.2, 0.25) is 0 Å². The summed E-state index contributed by atoms with van der Waals surface area (Å²) in [6, 6.07) is 4.53. The number of fused-ring (bicyclic) bond motifs is 1. The Morgan fingerprint density at radius 3 is 2.72 bits per heavy atom. The van der Waals surface area contributed by atoms with Crippen molar-refractivity contribution in [3.05, 3.63) is 18.2 Å². The molecule has 1 saturated carbocycles. The molecule has 3 rings (SSSR count). The van der Waals surface area contributed by atoms with E-state index in [2.05, 4.69) is 10.6 Å². The minimum Gasteiger partial charge on any atom is -0.454 e. The second kappa shape index (κ2) is 4.21. The molecule has 94 valence electrons. The lowest BCUT2D eigenvalue weighted by atomic mass is 10.3. The van der Waals surface area contributed by atoms with Gasteiger partial charge in [0.2, 0.25) is 12.7 Å². The number of anilines is 1. The number of hydrogen-bond acceptors (Lipinski definition) is 4. The number of benzene rings is 1. The van der Waals surface area contributed by atoms with E-state index >= 15 is 0 Å². The van der Waals surface area contributed by atoms with Crippen molar-refractivity contribution in [1.82, 2.24) is 5.32 Å². The molecular formula is C12H12N2O4. The molecule has 1 fully saturated rings. The standard InChI is InChI=1S/C12H12N2O4/c15-11(7-1-2-7)14-12(16)13-8-3-4-9-10(5-8)18-6-17-9/h3-5,7H,1-2,6H2,(H2,13,14,15,16). The van der Waals surface area contributed by atoms with E-state index in [1.54, 1.807) is 18.2 Å². The smallest absolute Gasteiger partial charge is 0.325 e. The van der Waals surface area contributed by atoms with Crippen LogP contribution in [0.3, 0.4) is 0 Å². The van der Waals surface area contributed by atoms with Crippen molar-refractivity contribution in [3.8, 4) is 11.5 Å². The highest BCUT2D eigenvalue weighted by atomic mass is 16.7. The molecule has 3 amide bonds. The van der Waals surface area contributed by atoms with Crippen molar-refractivity contribution >= 4 is 17.6 Å². The van der Waals surface area contributed by atoms with Crippen molar-refractivity contribution in [2.24, 2.45) is 5.92 Å². The summed E-state index contributed by atoms with van der Waals surface area (Å²) < 4.78 is 10.3. The predicted molar refractivity (Wildman–Crippen MR) is 62.5 cm³/mol. The summed E-state index contributed by atoms with van der Waals surface area (Å²) >= 11 is 0. The first kappa shape index (κ1) is 10.9. The quantitative estimate of drug-likeness (QED) is 0.831. The molecule has 0 bridgehead atoms. The number of urea groups is 1. The lowest BCUT2D eigenvalue weighted by molar-refractivity contribution is -0.121. The van der Waals surface area contributed by atoms with Crippen LogP contribution < -0.4 is 20.1 Å². The fraction of sp³-hybridized carbons (Fsp3) is 0.333. The number of nitrogens with one attached hydrogen (secondary N) is 2. The summed E-state index contributed by atoms with van der Waals surface area (Å²) in [5.41, 5.74) is 0.556. The number of carbonyl (C=O) groups excluding carboxylic acids is 2. The zero-order valence-corrected chi connectivity index (χ0v) is 9.56. The monoisotopic (exact) mass is 248 g/mol. The van der Waals surface area contributed by atoms with Gasteiger partial charge in [0.15, 0.2) is 11.5 Å². The molecule has 0 aromatic heterocycles. The Bertz CT molecular complexity index is 511. The average molecular weight is 248 g/mol. The molecule has 0 saturated heterocycles. The first-order valence-electron chi connectivity index (χ1n) is 5.74. The van der Waals surface area contributed by atoms with Crippen molar-refractivity contribution in [1.29, 1.82) is 0 Å². The number of rotatable bonds is 2. The molecule has 1 aliphatic carbocycles. The molecule has 18 heavy (non-hydrogen) atoms. The van der Waals surface area contributed by atoms with Crippen LogP contribution in [-0.4, -0.2) is 18.7 Å². The first-order chi connectivity index (χ1) is 8.72. The van der Waals surface area contributed by atoms with Crippen molar-refractivity contribution in [2.45, 2.75) is 12.8 Å². The van der Waals surface area contributed by atoms with Crippen LogP contribution in [0.15, 0.2) is 18.2 Å². The topological polar surface area (TPSA) is 76.7 Å². The number of carbonyl (C=O) groups is 2. The van der Waals surface area contributed by atoms with Crippen LogP contribution in [-0.2, 0) is 4.79 Å². The highest BCUT2D eigenvalue weighted by Gasteiger charge is 2.30. The van der Waals surface area contributed by atoms with E-state index in [4.69, 9.17) is 9.47 Å². The lowest BCUT2D eigenvalue weighted by Crippen LogP contribution is -2.35. The van der Waals surface area contributed by atoms with Gasteiger partial charge in [0.25, 0.3) is 0 Å². The molecule has 1 aromatic rings. The zero-order valence-electron chi connectivity index (χ0n) is 9.56. The lowest BCUT2D eigenvalue weighted by Gasteiger charge is -2.06. The Balaban J connectivity index is 1.61. The zero-order chi connectivity index (χ0) is 12.5. The summed E-state index contributed by atoms with van der Waals surface area (Å²) in [5.74, 6) is 1.03. The van der Waals surface area contributed by atoms with Crippen molar-refractivity contribution < 1.29 is 19.1 Å². The van der Waals surface area contributed by atoms with Gasteiger partial charge in [0.05, 0.1) is 0 Å². The normalized spacial score (nSPS) is 16.2. The third kappa shape index (κ3) is 2.22. The minimum absolute atomic E-state index is 0.00695. The van der Waals surface area contributed by atoms with Gasteiger partial charge in [-0.25, -0.2) is 4.79 Å². The van der Waals surface area contributed by atoms with Crippen LogP contribution >= 0.6 is 0 Å². The fourth-order valence-electron chi connectivity index (χ4n) is 1.70. The summed E-state index contributed by atoms with van der Waals surface area (Å²) in [4.78, 5) is 22.9. The van der Waals surface area contributed by atoms with E-state index in [-0.39, 0.29) is 18.6 Å². The second-order valence-electron chi connectivity index (χ2n) is 4.29. The first-order valence-corrected chi connectivity index (χ1v) is 5.74. The number of amides is 3. The maximum atomic E-state index is 11.5. The van der Waals surface area contributed by atoms with E-state index in [1.165, 1.54) is 0 Å². The van der Waals surface area contributed by atoms with E-state index in [9.17, 15) is 9.59 Å². The van der Waals surface area contributed by atoms with Gasteiger partial charge in [-0.2, -0.15) is 0 Å². The van der Waals surface area contributed by atoms with E-state index in [0.717, 1.165) is 12.8 Å². The molecule has 0 unspecified atom stereocenters. The van der Waals surface area contributed by atoms with Gasteiger partial charge in [0, 0.05) is 17.7 Å². The molecular weight excluding hydrogens is 236 g/mol. The van der Waals surface area contributed by atoms with Crippen molar-refractivity contribution in [3.63, 3.8) is 0 Å². The van der Waals surface area contributed by atoms with Crippen LogP contribution in [0.25, 0.3) is 0 Å². The molecule has 0 spiro atoms. The third-order valence-electron chi connectivity index (χ3n) is 2.82. The van der Waals surface area contributed by atoms with Gasteiger partial charge < -0.3 is 14.8 Å². The molecule has 0 atom stereocenters. The molecule has 2 aliphatic rings. The molecule has 1 aliphatic heterocycles. The van der Waals surface area contributed by atoms with Gasteiger partial charge >= 0.3 is 6.03 Å². The largest absolute Gasteiger partial charge is 0.454 e. The van der Waals surface area contributed by atoms with Crippen LogP contribution in [0.5, 0.6) is 11.5 Å². The van der Waals surface area contributed by atoms with Gasteiger partial charge in [-0.15, -0.1) is 0 Å². The summed E-state index contributed by atoms with van der Waals surface area (Å²) in [6.45, 7) is 0.186. The maximum absolute atomic E-state index is 11.5. The van der Waals surface area contributed by atoms with Gasteiger partial charge in [-0.3, -0.25) is 10.1 Å². The Morgan fingerprint density at radius 1 is 1.17 bits per heavy atom. The number of imide groups is 1.